The molecule has 0 radical (unpaired) electrons. The zero-order chi connectivity index (χ0) is 3.58. The molecule has 0 atom stereocenters. The molecule has 6 heteroatoms. The van der Waals surface area contributed by atoms with Crippen molar-refractivity contribution in [3.05, 3.63) is 0 Å². The minimum Gasteiger partial charge on any atom is -0.328 e. The normalized spacial score (nSPS) is 6.00. The van der Waals surface area contributed by atoms with Gasteiger partial charge in [-0.3, -0.25) is 0 Å². The zero-order valence-corrected chi connectivity index (χ0v) is 5.60. The molecule has 42 valence electrons. The summed E-state index contributed by atoms with van der Waals surface area (Å²) < 4.78 is 0. The van der Waals surface area contributed by atoms with E-state index in [1.807, 2.05) is 0 Å². The molecule has 0 aromatic carbocycles. The molecule has 0 saturated heterocycles. The van der Waals surface area contributed by atoms with Crippen LogP contribution < -0.4 is 0 Å². The van der Waals surface area contributed by atoms with Crippen LogP contribution in [0.4, 0.5) is 0 Å². The van der Waals surface area contributed by atoms with Gasteiger partial charge in [-0.1, -0.05) is 0 Å². The van der Waals surface area contributed by atoms with Gasteiger partial charge in [-0.15, -0.1) is 0 Å². The van der Waals surface area contributed by atoms with Crippen LogP contribution in [0.25, 0.3) is 0 Å². The molecular formula is H3Fe2O3P. The van der Waals surface area contributed by atoms with Gasteiger partial charge in [0.1, 0.15) is 0 Å². The van der Waals surface area contributed by atoms with E-state index < -0.39 is 8.60 Å². The van der Waals surface area contributed by atoms with Gasteiger partial charge in [0.25, 0.3) is 0 Å². The molecule has 0 unspecified atom stereocenters. The summed E-state index contributed by atoms with van der Waals surface area (Å²) >= 11 is 0. The van der Waals surface area contributed by atoms with Crippen LogP contribution in [0, 0.1) is 0 Å². The maximum Gasteiger partial charge on any atom is 0.324 e. The SMILES string of the molecule is OP(O)O.[Fe].[Fe]. The number of hydrogen-bond donors (Lipinski definition) is 3. The summed E-state index contributed by atoms with van der Waals surface area (Å²) in [5.74, 6) is 0. The van der Waals surface area contributed by atoms with Crippen molar-refractivity contribution in [3.8, 4) is 0 Å². The first-order valence-electron chi connectivity index (χ1n) is 0.600. The molecule has 0 aliphatic heterocycles. The summed E-state index contributed by atoms with van der Waals surface area (Å²) in [5.41, 5.74) is 0. The second-order valence-corrected chi connectivity index (χ2v) is 0.805. The predicted octanol–water partition coefficient (Wildman–Crippen LogP) is -0.815. The van der Waals surface area contributed by atoms with Crippen LogP contribution in [0.1, 0.15) is 0 Å². The Kier molecular flexibility index (Phi) is 25.1. The molecule has 0 aromatic rings. The summed E-state index contributed by atoms with van der Waals surface area (Å²) in [5, 5.41) is 0. The van der Waals surface area contributed by atoms with Crippen LogP contribution in [0.3, 0.4) is 0 Å². The molecule has 0 amide bonds. The van der Waals surface area contributed by atoms with Gasteiger partial charge in [-0.05, 0) is 0 Å². The van der Waals surface area contributed by atoms with E-state index in [1.54, 1.807) is 0 Å². The van der Waals surface area contributed by atoms with Crippen LogP contribution in [0.15, 0.2) is 0 Å². The van der Waals surface area contributed by atoms with Crippen molar-refractivity contribution in [2.75, 3.05) is 0 Å². The van der Waals surface area contributed by atoms with E-state index >= 15 is 0 Å². The van der Waals surface area contributed by atoms with Crippen LogP contribution >= 0.6 is 8.60 Å². The first-order chi connectivity index (χ1) is 1.73. The third-order valence-electron chi connectivity index (χ3n) is 0. The standard InChI is InChI=1S/2Fe.H3O3P/c;;1-4(2)3/h;;1-3H. The fraction of sp³-hybridized carbons (Fsp3) is 0. The van der Waals surface area contributed by atoms with Crippen molar-refractivity contribution in [1.82, 2.24) is 0 Å². The predicted molar refractivity (Wildman–Crippen MR) is 13.6 cm³/mol. The van der Waals surface area contributed by atoms with E-state index in [2.05, 4.69) is 0 Å². The van der Waals surface area contributed by atoms with Crippen molar-refractivity contribution < 1.29 is 48.8 Å². The summed E-state index contributed by atoms with van der Waals surface area (Å²) in [4.78, 5) is 21.7. The fourth-order valence-electron chi connectivity index (χ4n) is 0. The van der Waals surface area contributed by atoms with Crippen molar-refractivity contribution in [1.29, 1.82) is 0 Å². The Morgan fingerprint density at radius 1 is 0.833 bits per heavy atom. The Bertz CT molecular complexity index is 13.5. The van der Waals surface area contributed by atoms with E-state index in [4.69, 9.17) is 14.7 Å². The van der Waals surface area contributed by atoms with Gasteiger partial charge in [0.15, 0.2) is 0 Å². The van der Waals surface area contributed by atoms with Gasteiger partial charge < -0.3 is 14.7 Å². The Morgan fingerprint density at radius 2 is 0.833 bits per heavy atom. The van der Waals surface area contributed by atoms with E-state index in [9.17, 15) is 0 Å². The molecule has 6 heavy (non-hydrogen) atoms. The Hall–Kier alpha value is 1.35. The van der Waals surface area contributed by atoms with Crippen LogP contribution in [-0.2, 0) is 34.1 Å². The van der Waals surface area contributed by atoms with Crippen molar-refractivity contribution >= 4 is 8.60 Å². The molecule has 0 saturated carbocycles. The van der Waals surface area contributed by atoms with Gasteiger partial charge in [0, 0.05) is 34.1 Å². The second kappa shape index (κ2) is 9.60. The summed E-state index contributed by atoms with van der Waals surface area (Å²) in [6.45, 7) is 0. The molecule has 0 spiro atoms. The third kappa shape index (κ3) is 55.6. The number of rotatable bonds is 0. The van der Waals surface area contributed by atoms with Crippen molar-refractivity contribution in [2.24, 2.45) is 0 Å². The van der Waals surface area contributed by atoms with Crippen molar-refractivity contribution in [2.45, 2.75) is 0 Å². The molecular weight excluding hydrogens is 191 g/mol. The van der Waals surface area contributed by atoms with Gasteiger partial charge in [0.05, 0.1) is 0 Å². The summed E-state index contributed by atoms with van der Waals surface area (Å²) in [6.07, 6.45) is 0. The summed E-state index contributed by atoms with van der Waals surface area (Å²) in [6, 6.07) is 0. The number of hydrogen-bond acceptors (Lipinski definition) is 3. The van der Waals surface area contributed by atoms with Gasteiger partial charge in [-0.2, -0.15) is 0 Å². The molecule has 0 bridgehead atoms. The zero-order valence-electron chi connectivity index (χ0n) is 2.50. The van der Waals surface area contributed by atoms with Crippen LogP contribution in [0.5, 0.6) is 0 Å². The minimum absolute atomic E-state index is 0. The maximum absolute atomic E-state index is 7.23. The first-order valence-corrected chi connectivity index (χ1v) is 1.80. The van der Waals surface area contributed by atoms with E-state index in [0.29, 0.717) is 0 Å². The fourth-order valence-corrected chi connectivity index (χ4v) is 0. The smallest absolute Gasteiger partial charge is 0.324 e. The molecule has 0 aliphatic rings. The largest absolute Gasteiger partial charge is 0.328 e. The summed E-state index contributed by atoms with van der Waals surface area (Å²) in [7, 11) is -2.62. The van der Waals surface area contributed by atoms with E-state index in [-0.39, 0.29) is 34.1 Å². The van der Waals surface area contributed by atoms with Gasteiger partial charge in [-0.25, -0.2) is 0 Å². The quantitative estimate of drug-likeness (QED) is 0.348. The third-order valence-corrected chi connectivity index (χ3v) is 0. The van der Waals surface area contributed by atoms with E-state index in [0.717, 1.165) is 0 Å². The monoisotopic (exact) mass is 194 g/mol. The Morgan fingerprint density at radius 3 is 0.833 bits per heavy atom. The average Bonchev–Trinajstić information content (AvgIpc) is 0.811. The Balaban J connectivity index is -0.0000000450. The van der Waals surface area contributed by atoms with E-state index in [1.165, 1.54) is 0 Å². The maximum atomic E-state index is 7.23. The molecule has 3 nitrogen and oxygen atoms in total. The molecule has 0 aromatic heterocycles. The van der Waals surface area contributed by atoms with Crippen LogP contribution in [0.2, 0.25) is 0 Å². The average molecular weight is 194 g/mol. The van der Waals surface area contributed by atoms with Gasteiger partial charge >= 0.3 is 8.60 Å². The van der Waals surface area contributed by atoms with Crippen molar-refractivity contribution in [3.63, 3.8) is 0 Å². The topological polar surface area (TPSA) is 60.7 Å². The minimum atomic E-state index is -2.62. The molecule has 0 rings (SSSR count). The molecule has 0 heterocycles. The molecule has 0 aliphatic carbocycles. The second-order valence-electron chi connectivity index (χ2n) is 0.268. The van der Waals surface area contributed by atoms with Gasteiger partial charge in [0.2, 0.25) is 0 Å². The first kappa shape index (κ1) is 15.7. The molecule has 0 fully saturated rings. The Labute approximate surface area is 57.7 Å². The molecule has 3 N–H and O–H groups in total. The van der Waals surface area contributed by atoms with Crippen LogP contribution in [-0.4, -0.2) is 14.7 Å².